The van der Waals surface area contributed by atoms with E-state index in [9.17, 15) is 0 Å². The van der Waals surface area contributed by atoms with Crippen LogP contribution in [0.15, 0.2) is 53.9 Å². The molecule has 2 heterocycles. The zero-order chi connectivity index (χ0) is 7.78. The topological polar surface area (TPSA) is 38.9 Å². The summed E-state index contributed by atoms with van der Waals surface area (Å²) in [6, 6.07) is 5.44. The molecule has 0 spiro atoms. The molecule has 0 saturated heterocycles. The molecule has 0 aromatic carbocycles. The highest BCUT2D eigenvalue weighted by atomic mass is 16.3. The number of aromatic nitrogens is 2. The maximum atomic E-state index is 4.58. The van der Waals surface area contributed by atoms with Crippen LogP contribution in [0.3, 0.4) is 0 Å². The molecule has 2 rings (SSSR count). The van der Waals surface area contributed by atoms with Crippen molar-refractivity contribution in [3.05, 3.63) is 49.4 Å². The van der Waals surface area contributed by atoms with Gasteiger partial charge in [-0.1, -0.05) is 0 Å². The van der Waals surface area contributed by atoms with Gasteiger partial charge in [0.2, 0.25) is 0 Å². The smallest absolute Gasteiger partial charge is 0.115 e. The van der Waals surface area contributed by atoms with Crippen LogP contribution in [0.5, 0.6) is 0 Å². The van der Waals surface area contributed by atoms with Crippen LogP contribution in [0.2, 0.25) is 0 Å². The number of hydrogen-bond donors (Lipinski definition) is 0. The van der Waals surface area contributed by atoms with Crippen LogP contribution in [0, 0.1) is 0 Å². The summed E-state index contributed by atoms with van der Waals surface area (Å²) in [6.45, 7) is 0. The van der Waals surface area contributed by atoms with Crippen molar-refractivity contribution in [3.8, 4) is 0 Å². The third-order valence-electron chi connectivity index (χ3n) is 0.903. The fourth-order valence-corrected chi connectivity index (χ4v) is 0.480. The van der Waals surface area contributed by atoms with Gasteiger partial charge in [-0.25, -0.2) is 9.97 Å². The first-order valence-corrected chi connectivity index (χ1v) is 3.17. The van der Waals surface area contributed by atoms with E-state index in [4.69, 9.17) is 0 Å². The zero-order valence-electron chi connectivity index (χ0n) is 5.92. The van der Waals surface area contributed by atoms with Gasteiger partial charge in [-0.2, -0.15) is 0 Å². The van der Waals surface area contributed by atoms with Crippen LogP contribution in [-0.4, -0.2) is 9.97 Å². The van der Waals surface area contributed by atoms with Gasteiger partial charge in [0.05, 0.1) is 12.5 Å². The third kappa shape index (κ3) is 3.86. The Kier molecular flexibility index (Phi) is 3.51. The van der Waals surface area contributed by atoms with Crippen molar-refractivity contribution in [1.82, 2.24) is 9.97 Å². The van der Waals surface area contributed by atoms with Crippen LogP contribution in [0.4, 0.5) is 0 Å². The van der Waals surface area contributed by atoms with Gasteiger partial charge in [-0.15, -0.1) is 0 Å². The average Bonchev–Trinajstić information content (AvgIpc) is 2.64. The van der Waals surface area contributed by atoms with Gasteiger partial charge >= 0.3 is 0 Å². The van der Waals surface area contributed by atoms with Crippen LogP contribution < -0.4 is 0 Å². The molecule has 2 aromatic heterocycles. The molecule has 0 N–H and O–H groups in total. The normalized spacial score (nSPS) is 8.00. The second-order valence-corrected chi connectivity index (χ2v) is 1.70. The van der Waals surface area contributed by atoms with E-state index in [1.54, 1.807) is 31.0 Å². The molecule has 0 saturated carbocycles. The molecular formula is C8H8N2O. The minimum atomic E-state index is 1.50. The molecule has 0 aliphatic rings. The van der Waals surface area contributed by atoms with Crippen LogP contribution in [0.1, 0.15) is 0 Å². The summed E-state index contributed by atoms with van der Waals surface area (Å²) in [6.07, 6.45) is 8.12. The highest BCUT2D eigenvalue weighted by molar-refractivity contribution is 4.79. The Labute approximate surface area is 64.7 Å². The van der Waals surface area contributed by atoms with Crippen molar-refractivity contribution in [3.63, 3.8) is 0 Å². The largest absolute Gasteiger partial charge is 0.473 e. The van der Waals surface area contributed by atoms with E-state index in [2.05, 4.69) is 14.4 Å². The van der Waals surface area contributed by atoms with E-state index < -0.39 is 0 Å². The lowest BCUT2D eigenvalue weighted by Gasteiger charge is -1.70. The Morgan fingerprint density at radius 3 is 1.64 bits per heavy atom. The molecule has 11 heavy (non-hydrogen) atoms. The number of furan rings is 1. The number of hydrogen-bond acceptors (Lipinski definition) is 3. The Balaban J connectivity index is 0.000000112. The van der Waals surface area contributed by atoms with E-state index in [0.29, 0.717) is 0 Å². The average molecular weight is 148 g/mol. The molecule has 0 amide bonds. The summed E-state index contributed by atoms with van der Waals surface area (Å²) in [5.74, 6) is 0. The fourth-order valence-electron chi connectivity index (χ4n) is 0.480. The first kappa shape index (κ1) is 7.47. The Hall–Kier alpha value is -1.64. The number of nitrogens with zero attached hydrogens (tertiary/aromatic N) is 2. The molecule has 2 aromatic rings. The maximum Gasteiger partial charge on any atom is 0.115 e. The summed E-state index contributed by atoms with van der Waals surface area (Å²) in [4.78, 5) is 7.35. The SMILES string of the molecule is c1ccoc1.c1cncnc1. The highest BCUT2D eigenvalue weighted by Gasteiger charge is 1.59. The molecule has 0 bridgehead atoms. The quantitative estimate of drug-likeness (QED) is 0.571. The van der Waals surface area contributed by atoms with Gasteiger partial charge in [0.1, 0.15) is 6.33 Å². The van der Waals surface area contributed by atoms with Gasteiger partial charge < -0.3 is 4.42 Å². The molecule has 3 nitrogen and oxygen atoms in total. The molecular weight excluding hydrogens is 140 g/mol. The molecule has 56 valence electrons. The van der Waals surface area contributed by atoms with Gasteiger partial charge in [-0.3, -0.25) is 0 Å². The first-order valence-electron chi connectivity index (χ1n) is 3.17. The van der Waals surface area contributed by atoms with Crippen molar-refractivity contribution in [2.75, 3.05) is 0 Å². The van der Waals surface area contributed by atoms with Crippen molar-refractivity contribution >= 4 is 0 Å². The van der Waals surface area contributed by atoms with Crippen molar-refractivity contribution in [2.45, 2.75) is 0 Å². The predicted molar refractivity (Wildman–Crippen MR) is 40.7 cm³/mol. The van der Waals surface area contributed by atoms with Gasteiger partial charge in [-0.05, 0) is 18.2 Å². The van der Waals surface area contributed by atoms with Crippen molar-refractivity contribution < 1.29 is 4.42 Å². The Bertz CT molecular complexity index is 198. The predicted octanol–water partition coefficient (Wildman–Crippen LogP) is 1.76. The van der Waals surface area contributed by atoms with Crippen molar-refractivity contribution in [1.29, 1.82) is 0 Å². The summed E-state index contributed by atoms with van der Waals surface area (Å²) in [7, 11) is 0. The molecule has 0 radical (unpaired) electrons. The van der Waals surface area contributed by atoms with Crippen LogP contribution >= 0.6 is 0 Å². The van der Waals surface area contributed by atoms with E-state index in [1.165, 1.54) is 6.33 Å². The molecule has 0 aliphatic heterocycles. The molecule has 0 unspecified atom stereocenters. The van der Waals surface area contributed by atoms with E-state index >= 15 is 0 Å². The molecule has 3 heteroatoms. The lowest BCUT2D eigenvalue weighted by Crippen LogP contribution is -1.66. The van der Waals surface area contributed by atoms with Gasteiger partial charge in [0, 0.05) is 12.4 Å². The summed E-state index contributed by atoms with van der Waals surface area (Å²) in [5.41, 5.74) is 0. The lowest BCUT2D eigenvalue weighted by atomic mass is 10.7. The Morgan fingerprint density at radius 1 is 0.818 bits per heavy atom. The summed E-state index contributed by atoms with van der Waals surface area (Å²) in [5, 5.41) is 0. The number of rotatable bonds is 0. The van der Waals surface area contributed by atoms with E-state index in [0.717, 1.165) is 0 Å². The highest BCUT2D eigenvalue weighted by Crippen LogP contribution is 1.79. The maximum absolute atomic E-state index is 4.58. The van der Waals surface area contributed by atoms with Gasteiger partial charge in [0.25, 0.3) is 0 Å². The second kappa shape index (κ2) is 5.17. The standard InChI is InChI=1S/C4H4N2.C4H4O/c1-2-5-4-6-3-1;1-2-4-5-3-1/h1-4H;1-4H. The summed E-state index contributed by atoms with van der Waals surface area (Å²) < 4.78 is 4.58. The van der Waals surface area contributed by atoms with Crippen molar-refractivity contribution in [2.24, 2.45) is 0 Å². The van der Waals surface area contributed by atoms with Crippen LogP contribution in [-0.2, 0) is 0 Å². The van der Waals surface area contributed by atoms with E-state index in [-0.39, 0.29) is 0 Å². The third-order valence-corrected chi connectivity index (χ3v) is 0.903. The summed E-state index contributed by atoms with van der Waals surface area (Å²) >= 11 is 0. The first-order chi connectivity index (χ1) is 5.50. The van der Waals surface area contributed by atoms with Crippen LogP contribution in [0.25, 0.3) is 0 Å². The van der Waals surface area contributed by atoms with Gasteiger partial charge in [0.15, 0.2) is 0 Å². The Morgan fingerprint density at radius 2 is 1.45 bits per heavy atom. The zero-order valence-corrected chi connectivity index (χ0v) is 5.92. The molecule has 0 atom stereocenters. The fraction of sp³-hybridized carbons (Fsp3) is 0. The lowest BCUT2D eigenvalue weighted by molar-refractivity contribution is 0.567. The second-order valence-electron chi connectivity index (χ2n) is 1.70. The van der Waals surface area contributed by atoms with E-state index in [1.807, 2.05) is 12.1 Å². The molecule has 0 aliphatic carbocycles. The molecule has 0 fully saturated rings. The monoisotopic (exact) mass is 148 g/mol. The minimum Gasteiger partial charge on any atom is -0.473 e. The minimum absolute atomic E-state index is 1.50.